The highest BCUT2D eigenvalue weighted by Gasteiger charge is 2.48. The normalized spacial score (nSPS) is 25.6. The molecule has 0 radical (unpaired) electrons. The van der Waals surface area contributed by atoms with Gasteiger partial charge in [-0.15, -0.1) is 4.99 Å². The highest BCUT2D eigenvalue weighted by atomic mass is 16.5. The number of benzene rings is 1. The molecule has 7 heteroatoms. The van der Waals surface area contributed by atoms with Gasteiger partial charge in [-0.25, -0.2) is 0 Å². The van der Waals surface area contributed by atoms with Gasteiger partial charge in [0.15, 0.2) is 0 Å². The van der Waals surface area contributed by atoms with E-state index in [1.807, 2.05) is 43.7 Å². The van der Waals surface area contributed by atoms with Crippen LogP contribution in [0.25, 0.3) is 0 Å². The van der Waals surface area contributed by atoms with Crippen molar-refractivity contribution in [3.05, 3.63) is 29.3 Å². The molecule has 2 heterocycles. The third-order valence-electron chi connectivity index (χ3n) is 5.05. The van der Waals surface area contributed by atoms with E-state index in [4.69, 9.17) is 10.00 Å². The van der Waals surface area contributed by atoms with Gasteiger partial charge in [0, 0.05) is 24.7 Å². The van der Waals surface area contributed by atoms with E-state index in [0.29, 0.717) is 23.8 Å². The van der Waals surface area contributed by atoms with Crippen LogP contribution in [0.3, 0.4) is 0 Å². The summed E-state index contributed by atoms with van der Waals surface area (Å²) in [4.78, 5) is 8.04. The highest BCUT2D eigenvalue weighted by molar-refractivity contribution is 5.84. The summed E-state index contributed by atoms with van der Waals surface area (Å²) in [5.41, 5.74) is 0.435. The van der Waals surface area contributed by atoms with Gasteiger partial charge in [-0.3, -0.25) is 0 Å². The first-order valence-electron chi connectivity index (χ1n) is 8.71. The van der Waals surface area contributed by atoms with Crippen LogP contribution in [-0.2, 0) is 0 Å². The van der Waals surface area contributed by atoms with Crippen molar-refractivity contribution >= 4 is 5.96 Å². The van der Waals surface area contributed by atoms with Crippen LogP contribution in [0.2, 0.25) is 0 Å². The van der Waals surface area contributed by atoms with Crippen LogP contribution >= 0.6 is 0 Å². The predicted molar refractivity (Wildman–Crippen MR) is 96.2 cm³/mol. The van der Waals surface area contributed by atoms with Crippen LogP contribution in [0.4, 0.5) is 0 Å². The summed E-state index contributed by atoms with van der Waals surface area (Å²) in [5, 5.41) is 29.5. The molecule has 0 amide bonds. The van der Waals surface area contributed by atoms with Crippen LogP contribution < -0.4 is 4.74 Å². The van der Waals surface area contributed by atoms with Gasteiger partial charge in [0.05, 0.1) is 17.7 Å². The summed E-state index contributed by atoms with van der Waals surface area (Å²) >= 11 is 0. The van der Waals surface area contributed by atoms with Gasteiger partial charge in [0.2, 0.25) is 12.2 Å². The Labute approximate surface area is 153 Å². The fourth-order valence-corrected chi connectivity index (χ4v) is 3.68. The first-order valence-corrected chi connectivity index (χ1v) is 8.71. The zero-order valence-electron chi connectivity index (χ0n) is 15.5. The van der Waals surface area contributed by atoms with E-state index in [2.05, 4.69) is 11.1 Å². The summed E-state index contributed by atoms with van der Waals surface area (Å²) in [6, 6.07) is 7.10. The van der Waals surface area contributed by atoms with Gasteiger partial charge in [-0.2, -0.15) is 10.5 Å². The van der Waals surface area contributed by atoms with Crippen molar-refractivity contribution in [1.29, 1.82) is 10.5 Å². The Morgan fingerprint density at radius 3 is 2.65 bits per heavy atom. The van der Waals surface area contributed by atoms with Crippen LogP contribution in [0.5, 0.6) is 5.75 Å². The molecule has 0 bridgehead atoms. The number of aliphatic hydroxyl groups is 1. The third-order valence-corrected chi connectivity index (χ3v) is 5.05. The number of ether oxygens (including phenoxy) is 1. The number of fused-ring (bicyclic) bond motifs is 1. The fraction of sp³-hybridized carbons (Fsp3) is 0.526. The maximum absolute atomic E-state index is 11.1. The third kappa shape index (κ3) is 2.85. The summed E-state index contributed by atoms with van der Waals surface area (Å²) in [6.45, 7) is 9.11. The molecule has 26 heavy (non-hydrogen) atoms. The summed E-state index contributed by atoms with van der Waals surface area (Å²) in [6.07, 6.45) is 1.04. The highest BCUT2D eigenvalue weighted by Crippen LogP contribution is 2.44. The molecule has 2 aliphatic heterocycles. The summed E-state index contributed by atoms with van der Waals surface area (Å²) < 4.78 is 5.99. The number of rotatable bonds is 2. The SMILES string of the molecule is CC(C)N1CCN([C@H]2c3cc(C#N)ccc3OC(C)(C)[C@@H]2O)C1=NC#N. The lowest BCUT2D eigenvalue weighted by atomic mass is 9.85. The van der Waals surface area contributed by atoms with Crippen molar-refractivity contribution in [2.45, 2.75) is 51.5 Å². The monoisotopic (exact) mass is 353 g/mol. The van der Waals surface area contributed by atoms with E-state index < -0.39 is 17.7 Å². The van der Waals surface area contributed by atoms with Crippen LogP contribution in [0.1, 0.15) is 44.9 Å². The zero-order valence-corrected chi connectivity index (χ0v) is 15.5. The topological polar surface area (TPSA) is 95.9 Å². The average molecular weight is 353 g/mol. The molecule has 0 spiro atoms. The molecule has 2 atom stereocenters. The number of hydrogen-bond donors (Lipinski definition) is 1. The number of aliphatic imine (C=N–C) groups is 1. The first kappa shape index (κ1) is 18.0. The lowest BCUT2D eigenvalue weighted by Gasteiger charge is -2.45. The van der Waals surface area contributed by atoms with Gasteiger partial charge in [0.1, 0.15) is 17.5 Å². The van der Waals surface area contributed by atoms with Crippen molar-refractivity contribution in [1.82, 2.24) is 9.80 Å². The Bertz CT molecular complexity index is 818. The molecule has 1 aromatic rings. The van der Waals surface area contributed by atoms with Crippen molar-refractivity contribution in [2.75, 3.05) is 13.1 Å². The molecular formula is C19H23N5O2. The number of aliphatic hydroxyl groups excluding tert-OH is 1. The number of guanidine groups is 1. The standard InChI is InChI=1S/C19H23N5O2/c1-12(2)23-7-8-24(18(23)22-11-21)16-14-9-13(10-20)5-6-15(14)26-19(3,4)17(16)25/h5-6,9,12,16-17,25H,7-8H2,1-4H3/t16-,17+/m0/s1. The second-order valence-electron chi connectivity index (χ2n) is 7.45. The van der Waals surface area contributed by atoms with Gasteiger partial charge < -0.3 is 19.6 Å². The molecule has 7 nitrogen and oxygen atoms in total. The summed E-state index contributed by atoms with van der Waals surface area (Å²) in [5.74, 6) is 1.20. The van der Waals surface area contributed by atoms with E-state index in [9.17, 15) is 10.4 Å². The average Bonchev–Trinajstić information content (AvgIpc) is 2.99. The molecular weight excluding hydrogens is 330 g/mol. The first-order chi connectivity index (χ1) is 12.3. The van der Waals surface area contributed by atoms with Crippen molar-refractivity contribution in [3.8, 4) is 18.0 Å². The van der Waals surface area contributed by atoms with Crippen molar-refractivity contribution in [2.24, 2.45) is 4.99 Å². The molecule has 136 valence electrons. The molecule has 0 aliphatic carbocycles. The molecule has 0 aromatic heterocycles. The Morgan fingerprint density at radius 1 is 1.31 bits per heavy atom. The van der Waals surface area contributed by atoms with E-state index in [1.165, 1.54) is 0 Å². The number of nitriles is 2. The van der Waals surface area contributed by atoms with Crippen molar-refractivity contribution < 1.29 is 9.84 Å². The van der Waals surface area contributed by atoms with Gasteiger partial charge in [0.25, 0.3) is 0 Å². The number of nitrogens with zero attached hydrogens (tertiary/aromatic N) is 5. The minimum absolute atomic E-state index is 0.182. The molecule has 1 N–H and O–H groups in total. The van der Waals surface area contributed by atoms with Crippen LogP contribution in [0, 0.1) is 22.8 Å². The smallest absolute Gasteiger partial charge is 0.213 e. The van der Waals surface area contributed by atoms with E-state index in [1.54, 1.807) is 18.2 Å². The fourth-order valence-electron chi connectivity index (χ4n) is 3.68. The van der Waals surface area contributed by atoms with Crippen LogP contribution in [-0.4, -0.2) is 51.7 Å². The molecule has 1 saturated heterocycles. The maximum Gasteiger partial charge on any atom is 0.213 e. The number of hydrogen-bond acceptors (Lipinski definition) is 5. The quantitative estimate of drug-likeness (QED) is 0.817. The minimum atomic E-state index is -0.847. The van der Waals surface area contributed by atoms with E-state index in [0.717, 1.165) is 12.1 Å². The second kappa shape index (κ2) is 6.51. The lowest BCUT2D eigenvalue weighted by Crippen LogP contribution is -2.54. The Balaban J connectivity index is 2.13. The lowest BCUT2D eigenvalue weighted by molar-refractivity contribution is -0.0802. The second-order valence-corrected chi connectivity index (χ2v) is 7.45. The Morgan fingerprint density at radius 2 is 2.04 bits per heavy atom. The maximum atomic E-state index is 11.1. The Hall–Kier alpha value is -2.77. The van der Waals surface area contributed by atoms with Gasteiger partial charge >= 0.3 is 0 Å². The summed E-state index contributed by atoms with van der Waals surface area (Å²) in [7, 11) is 0. The molecule has 3 rings (SSSR count). The van der Waals surface area contributed by atoms with Crippen molar-refractivity contribution in [3.63, 3.8) is 0 Å². The zero-order chi connectivity index (χ0) is 19.1. The van der Waals surface area contributed by atoms with Gasteiger partial charge in [-0.05, 0) is 45.9 Å². The molecule has 0 saturated carbocycles. The van der Waals surface area contributed by atoms with E-state index >= 15 is 0 Å². The molecule has 1 aromatic carbocycles. The van der Waals surface area contributed by atoms with Gasteiger partial charge in [-0.1, -0.05) is 0 Å². The molecule has 2 aliphatic rings. The predicted octanol–water partition coefficient (Wildman–Crippen LogP) is 1.99. The van der Waals surface area contributed by atoms with E-state index in [-0.39, 0.29) is 6.04 Å². The minimum Gasteiger partial charge on any atom is -0.485 e. The Kier molecular flexibility index (Phi) is 4.52. The largest absolute Gasteiger partial charge is 0.485 e. The van der Waals surface area contributed by atoms with Crippen LogP contribution in [0.15, 0.2) is 23.2 Å². The molecule has 1 fully saturated rings. The molecule has 0 unspecified atom stereocenters.